The van der Waals surface area contributed by atoms with Gasteiger partial charge < -0.3 is 10.6 Å². The van der Waals surface area contributed by atoms with Crippen molar-refractivity contribution < 1.29 is 14.9 Å². The van der Waals surface area contributed by atoms with E-state index in [-0.39, 0.29) is 11.9 Å². The normalized spacial score (nSPS) is 17.1. The van der Waals surface area contributed by atoms with Gasteiger partial charge in [-0.2, -0.15) is 0 Å². The third-order valence-corrected chi connectivity index (χ3v) is 4.60. The van der Waals surface area contributed by atoms with Gasteiger partial charge >= 0.3 is 5.91 Å². The van der Waals surface area contributed by atoms with Crippen LogP contribution in [0.1, 0.15) is 18.4 Å². The monoisotopic (exact) mass is 367 g/mol. The number of nitrogens with zero attached hydrogens (tertiary/aromatic N) is 1. The lowest BCUT2D eigenvalue weighted by molar-refractivity contribution is -0.484. The first-order valence-electron chi connectivity index (χ1n) is 9.03. The van der Waals surface area contributed by atoms with E-state index in [0.717, 1.165) is 30.0 Å². The maximum atomic E-state index is 13.1. The van der Waals surface area contributed by atoms with Crippen LogP contribution in [0.2, 0.25) is 0 Å². The van der Waals surface area contributed by atoms with E-state index in [0.29, 0.717) is 12.1 Å². The zero-order valence-corrected chi connectivity index (χ0v) is 14.9. The van der Waals surface area contributed by atoms with E-state index in [4.69, 9.17) is 0 Å². The van der Waals surface area contributed by atoms with Crippen molar-refractivity contribution in [3.05, 3.63) is 71.1 Å². The van der Waals surface area contributed by atoms with Gasteiger partial charge in [0, 0.05) is 11.3 Å². The highest BCUT2D eigenvalue weighted by molar-refractivity contribution is 5.98. The first kappa shape index (κ1) is 18.7. The average Bonchev–Trinajstić information content (AvgIpc) is 3.24. The lowest BCUT2D eigenvalue weighted by atomic mass is 10.0. The van der Waals surface area contributed by atoms with Crippen LogP contribution in [0.5, 0.6) is 0 Å². The van der Waals surface area contributed by atoms with E-state index in [1.54, 1.807) is 35.6 Å². The van der Waals surface area contributed by atoms with Crippen molar-refractivity contribution in [3.63, 3.8) is 0 Å². The molecule has 140 valence electrons. The van der Waals surface area contributed by atoms with E-state index in [1.807, 2.05) is 30.3 Å². The summed E-state index contributed by atoms with van der Waals surface area (Å²) < 4.78 is 0. The summed E-state index contributed by atoms with van der Waals surface area (Å²) in [5.74, 6) is -0.730. The second-order valence-corrected chi connectivity index (χ2v) is 6.50. The predicted molar refractivity (Wildman–Crippen MR) is 101 cm³/mol. The van der Waals surface area contributed by atoms with Crippen LogP contribution in [0.25, 0.3) is 0 Å². The first-order valence-corrected chi connectivity index (χ1v) is 9.03. The highest BCUT2D eigenvalue weighted by Crippen LogP contribution is 2.13. The summed E-state index contributed by atoms with van der Waals surface area (Å²) in [6.45, 7) is 0.785. The summed E-state index contributed by atoms with van der Waals surface area (Å²) in [7, 11) is 0. The number of hydrazine groups is 1. The molecule has 3 N–H and O–H groups in total. The van der Waals surface area contributed by atoms with Gasteiger partial charge in [0.15, 0.2) is 0 Å². The van der Waals surface area contributed by atoms with Crippen LogP contribution in [-0.4, -0.2) is 30.4 Å². The molecule has 2 amide bonds. The Morgan fingerprint density at radius 3 is 2.37 bits per heavy atom. The predicted octanol–water partition coefficient (Wildman–Crippen LogP) is 0.261. The van der Waals surface area contributed by atoms with Crippen molar-refractivity contribution in [1.82, 2.24) is 10.6 Å². The maximum absolute atomic E-state index is 13.1. The lowest BCUT2D eigenvalue weighted by Gasteiger charge is -2.21. The van der Waals surface area contributed by atoms with E-state index < -0.39 is 11.9 Å². The Kier molecular flexibility index (Phi) is 6.27. The van der Waals surface area contributed by atoms with E-state index >= 15 is 0 Å². The first-order chi connectivity index (χ1) is 13.2. The average molecular weight is 367 g/mol. The molecule has 2 aromatic rings. The van der Waals surface area contributed by atoms with Gasteiger partial charge in [-0.15, -0.1) is 0 Å². The number of rotatable bonds is 7. The Hall–Kier alpha value is -3.06. The highest BCUT2D eigenvalue weighted by atomic mass is 16.3. The standard InChI is InChI=1S/C20H22N4O3/c25-19(17-12-7-13-21-17)22-18(14-15-8-3-1-4-9-15)20(26)24(23-27)16-10-5-2-6-11-16/h1-6,8-11,17-18,21H,7,12-14H2,(H,22,25)/p+1/t17-,18-/m0/s1. The van der Waals surface area contributed by atoms with Crippen LogP contribution in [0.15, 0.2) is 60.7 Å². The molecule has 0 spiro atoms. The molecular weight excluding hydrogens is 344 g/mol. The maximum Gasteiger partial charge on any atom is 0.310 e. The molecule has 1 heterocycles. The number of hydrogen-bond donors (Lipinski definition) is 3. The van der Waals surface area contributed by atoms with Crippen molar-refractivity contribution in [2.24, 2.45) is 0 Å². The van der Waals surface area contributed by atoms with Gasteiger partial charge in [-0.25, -0.2) is 0 Å². The Labute approximate surface area is 157 Å². The fraction of sp³-hybridized carbons (Fsp3) is 0.300. The third-order valence-electron chi connectivity index (χ3n) is 4.60. The Morgan fingerprint density at radius 2 is 1.78 bits per heavy atom. The molecule has 2 aromatic carbocycles. The number of carbonyl (C=O) groups excluding carboxylic acids is 2. The van der Waals surface area contributed by atoms with Gasteiger partial charge in [0.05, 0.1) is 6.04 Å². The van der Waals surface area contributed by atoms with Crippen LogP contribution in [0.3, 0.4) is 0 Å². The quantitative estimate of drug-likeness (QED) is 0.612. The Bertz CT molecular complexity index is 776. The summed E-state index contributed by atoms with van der Waals surface area (Å²) in [5, 5.41) is 8.57. The number of nitrogens with one attached hydrogen (secondary N) is 3. The highest BCUT2D eigenvalue weighted by Gasteiger charge is 2.33. The number of carbonyl (C=O) groups is 2. The largest absolute Gasteiger partial charge is 0.342 e. The number of hydrogen-bond acceptors (Lipinski definition) is 4. The summed E-state index contributed by atoms with van der Waals surface area (Å²) in [6.07, 6.45) is 1.96. The summed E-state index contributed by atoms with van der Waals surface area (Å²) in [4.78, 5) is 37.1. The van der Waals surface area contributed by atoms with E-state index in [2.05, 4.69) is 10.6 Å². The van der Waals surface area contributed by atoms with E-state index in [1.165, 1.54) is 0 Å². The zero-order valence-electron chi connectivity index (χ0n) is 14.9. The topological polar surface area (TPSA) is 92.5 Å². The lowest BCUT2D eigenvalue weighted by Crippen LogP contribution is -2.82. The molecule has 0 radical (unpaired) electrons. The molecular formula is C20H23N4O3+. The molecule has 1 aliphatic rings. The zero-order chi connectivity index (χ0) is 19.1. The van der Waals surface area contributed by atoms with Crippen LogP contribution in [0, 0.1) is 4.91 Å². The minimum Gasteiger partial charge on any atom is -0.342 e. The van der Waals surface area contributed by atoms with Crippen molar-refractivity contribution in [1.29, 1.82) is 0 Å². The molecule has 1 fully saturated rings. The second-order valence-electron chi connectivity index (χ2n) is 6.50. The van der Waals surface area contributed by atoms with Crippen LogP contribution < -0.4 is 20.9 Å². The molecule has 0 aliphatic carbocycles. The van der Waals surface area contributed by atoms with Crippen molar-refractivity contribution >= 4 is 17.5 Å². The molecule has 7 nitrogen and oxygen atoms in total. The molecule has 0 aromatic heterocycles. The number of amides is 2. The number of anilines is 1. The van der Waals surface area contributed by atoms with E-state index in [9.17, 15) is 14.5 Å². The summed E-state index contributed by atoms with van der Waals surface area (Å²) >= 11 is 0. The molecule has 3 rings (SSSR count). The van der Waals surface area contributed by atoms with Crippen LogP contribution >= 0.6 is 0 Å². The van der Waals surface area contributed by atoms with Crippen molar-refractivity contribution in [3.8, 4) is 0 Å². The van der Waals surface area contributed by atoms with Gasteiger partial charge in [-0.1, -0.05) is 48.5 Å². The molecule has 0 saturated carbocycles. The van der Waals surface area contributed by atoms with Gasteiger partial charge in [-0.3, -0.25) is 9.59 Å². The molecule has 0 bridgehead atoms. The van der Waals surface area contributed by atoms with Crippen molar-refractivity contribution in [2.45, 2.75) is 31.3 Å². The van der Waals surface area contributed by atoms with Gasteiger partial charge in [-0.05, 0) is 42.1 Å². The number of benzene rings is 2. The minimum absolute atomic E-state index is 0.222. The van der Waals surface area contributed by atoms with Crippen LogP contribution in [0.4, 0.5) is 5.69 Å². The van der Waals surface area contributed by atoms with Gasteiger partial charge in [0.25, 0.3) is 0 Å². The fourth-order valence-corrected chi connectivity index (χ4v) is 3.19. The Morgan fingerprint density at radius 1 is 1.11 bits per heavy atom. The SMILES string of the molecule is O=[NH+]N(C(=O)[C@H](Cc1ccccc1)NC(=O)[C@@H]1CCCN1)c1ccccc1. The molecule has 7 heteroatoms. The van der Waals surface area contributed by atoms with Crippen LogP contribution in [-0.2, 0) is 16.0 Å². The summed E-state index contributed by atoms with van der Waals surface area (Å²) in [6, 6.07) is 16.8. The molecule has 2 atom stereocenters. The minimum atomic E-state index is -0.857. The summed E-state index contributed by atoms with van der Waals surface area (Å²) in [5.41, 5.74) is 1.32. The van der Waals surface area contributed by atoms with Gasteiger partial charge in [0.1, 0.15) is 17.0 Å². The second kappa shape index (κ2) is 9.05. The molecule has 1 saturated heterocycles. The van der Waals surface area contributed by atoms with Gasteiger partial charge in [0.2, 0.25) is 5.91 Å². The fourth-order valence-electron chi connectivity index (χ4n) is 3.19. The molecule has 1 aliphatic heterocycles. The van der Waals surface area contributed by atoms with Crippen molar-refractivity contribution in [2.75, 3.05) is 11.6 Å². The number of para-hydroxylation sites is 1. The Balaban J connectivity index is 1.81. The smallest absolute Gasteiger partial charge is 0.310 e. The number of nitroso groups, excluding NO2 is 1. The third kappa shape index (κ3) is 4.77. The molecule has 0 unspecified atom stereocenters. The molecule has 27 heavy (non-hydrogen) atoms.